The summed E-state index contributed by atoms with van der Waals surface area (Å²) in [4.78, 5) is -0.0304. The van der Waals surface area contributed by atoms with E-state index in [1.54, 1.807) is 16.9 Å². The van der Waals surface area contributed by atoms with Gasteiger partial charge in [-0.15, -0.1) is 0 Å². The maximum absolute atomic E-state index is 12.3. The Hall–Kier alpha value is -1.08. The van der Waals surface area contributed by atoms with Crippen molar-refractivity contribution < 1.29 is 8.42 Å². The number of aryl methyl sites for hydroxylation is 1. The molecule has 0 spiro atoms. The fourth-order valence-electron chi connectivity index (χ4n) is 1.91. The quantitative estimate of drug-likeness (QED) is 0.903. The van der Waals surface area contributed by atoms with Gasteiger partial charge in [0.05, 0.1) is 11.2 Å². The number of hydrogen-bond acceptors (Lipinski definition) is 3. The smallest absolute Gasteiger partial charge is 0.242 e. The average molecular weight is 348 g/mol. The summed E-state index contributed by atoms with van der Waals surface area (Å²) in [7, 11) is -3.73. The molecular formula is C13H15Cl2N3O2S. The molecule has 1 aromatic heterocycles. The highest BCUT2D eigenvalue weighted by Crippen LogP contribution is 2.25. The van der Waals surface area contributed by atoms with Crippen LogP contribution in [0.4, 0.5) is 0 Å². The van der Waals surface area contributed by atoms with Crippen molar-refractivity contribution in [3.8, 4) is 0 Å². The van der Waals surface area contributed by atoms with E-state index in [1.165, 1.54) is 12.1 Å². The summed E-state index contributed by atoms with van der Waals surface area (Å²) >= 11 is 11.7. The number of rotatable bonds is 5. The van der Waals surface area contributed by atoms with Crippen LogP contribution in [0, 0.1) is 6.92 Å². The first-order valence-electron chi connectivity index (χ1n) is 6.31. The molecule has 2 rings (SSSR count). The Balaban J connectivity index is 2.22. The molecule has 1 heterocycles. The maximum atomic E-state index is 12.3. The van der Waals surface area contributed by atoms with Gasteiger partial charge in [-0.3, -0.25) is 4.68 Å². The average Bonchev–Trinajstić information content (AvgIpc) is 2.79. The lowest BCUT2D eigenvalue weighted by Crippen LogP contribution is -2.23. The van der Waals surface area contributed by atoms with Crippen LogP contribution in [0.3, 0.4) is 0 Å². The van der Waals surface area contributed by atoms with Crippen molar-refractivity contribution in [1.82, 2.24) is 14.5 Å². The monoisotopic (exact) mass is 347 g/mol. The molecule has 0 aliphatic carbocycles. The third kappa shape index (κ3) is 3.58. The topological polar surface area (TPSA) is 64.0 Å². The first-order valence-corrected chi connectivity index (χ1v) is 8.55. The first-order chi connectivity index (χ1) is 9.85. The number of nitrogens with one attached hydrogen (secondary N) is 1. The summed E-state index contributed by atoms with van der Waals surface area (Å²) in [5.74, 6) is 0. The van der Waals surface area contributed by atoms with Gasteiger partial charge in [0, 0.05) is 29.4 Å². The van der Waals surface area contributed by atoms with E-state index in [-0.39, 0.29) is 16.5 Å². The van der Waals surface area contributed by atoms with Crippen LogP contribution in [0.2, 0.25) is 10.0 Å². The van der Waals surface area contributed by atoms with Gasteiger partial charge in [-0.05, 0) is 32.0 Å². The van der Waals surface area contributed by atoms with Crippen molar-refractivity contribution in [3.63, 3.8) is 0 Å². The van der Waals surface area contributed by atoms with Gasteiger partial charge in [0.2, 0.25) is 10.0 Å². The number of sulfonamides is 1. The summed E-state index contributed by atoms with van der Waals surface area (Å²) in [6.07, 6.45) is 1.65. The van der Waals surface area contributed by atoms with Crippen LogP contribution in [0.5, 0.6) is 0 Å². The van der Waals surface area contributed by atoms with Crippen molar-refractivity contribution in [3.05, 3.63) is 45.7 Å². The van der Waals surface area contributed by atoms with Gasteiger partial charge < -0.3 is 0 Å². The van der Waals surface area contributed by atoms with Crippen molar-refractivity contribution in [2.45, 2.75) is 31.8 Å². The second-order valence-electron chi connectivity index (χ2n) is 4.47. The van der Waals surface area contributed by atoms with Gasteiger partial charge in [0.1, 0.15) is 4.90 Å². The van der Waals surface area contributed by atoms with Crippen LogP contribution in [0.1, 0.15) is 18.2 Å². The molecule has 0 bridgehead atoms. The summed E-state index contributed by atoms with van der Waals surface area (Å²) < 4.78 is 28.9. The largest absolute Gasteiger partial charge is 0.270 e. The van der Waals surface area contributed by atoms with E-state index in [0.717, 1.165) is 17.8 Å². The Morgan fingerprint density at radius 3 is 2.67 bits per heavy atom. The number of halogens is 2. The predicted octanol–water partition coefficient (Wildman–Crippen LogP) is 3.00. The molecule has 0 aliphatic heterocycles. The minimum atomic E-state index is -3.73. The molecular weight excluding hydrogens is 333 g/mol. The van der Waals surface area contributed by atoms with Crippen LogP contribution in [0.25, 0.3) is 0 Å². The van der Waals surface area contributed by atoms with Crippen LogP contribution in [-0.4, -0.2) is 18.2 Å². The fraction of sp³-hybridized carbons (Fsp3) is 0.308. The molecule has 0 aliphatic rings. The van der Waals surface area contributed by atoms with Gasteiger partial charge in [-0.1, -0.05) is 23.2 Å². The van der Waals surface area contributed by atoms with E-state index in [1.807, 2.05) is 13.8 Å². The minimum Gasteiger partial charge on any atom is -0.270 e. The first kappa shape index (κ1) is 16.3. The Kier molecular flexibility index (Phi) is 4.93. The van der Waals surface area contributed by atoms with Crippen molar-refractivity contribution in [2.24, 2.45) is 0 Å². The standard InChI is InChI=1S/C13H15Cl2N3O2S/c1-3-18-9(2)10(7-16-18)8-17-21(19,20)13-6-11(14)4-5-12(13)15/h4-7,17H,3,8H2,1-2H3. The Labute approximate surface area is 133 Å². The number of benzene rings is 1. The number of hydrogen-bond donors (Lipinski definition) is 1. The van der Waals surface area contributed by atoms with E-state index < -0.39 is 10.0 Å². The highest BCUT2D eigenvalue weighted by Gasteiger charge is 2.19. The zero-order valence-corrected chi connectivity index (χ0v) is 13.9. The van der Waals surface area contributed by atoms with Crippen LogP contribution in [0.15, 0.2) is 29.3 Å². The molecule has 21 heavy (non-hydrogen) atoms. The van der Waals surface area contributed by atoms with E-state index in [2.05, 4.69) is 9.82 Å². The molecule has 0 amide bonds. The minimum absolute atomic E-state index is 0.0304. The zero-order chi connectivity index (χ0) is 15.6. The molecule has 114 valence electrons. The molecule has 8 heteroatoms. The molecule has 0 saturated heterocycles. The van der Waals surface area contributed by atoms with Gasteiger partial charge in [0.25, 0.3) is 0 Å². The van der Waals surface area contributed by atoms with E-state index >= 15 is 0 Å². The molecule has 1 N–H and O–H groups in total. The molecule has 0 saturated carbocycles. The second kappa shape index (κ2) is 6.36. The third-order valence-electron chi connectivity index (χ3n) is 3.14. The third-order valence-corrected chi connectivity index (χ3v) is 5.26. The maximum Gasteiger partial charge on any atom is 0.242 e. The molecule has 0 radical (unpaired) electrons. The lowest BCUT2D eigenvalue weighted by atomic mass is 10.3. The molecule has 0 atom stereocenters. The van der Waals surface area contributed by atoms with Crippen LogP contribution < -0.4 is 4.72 Å². The van der Waals surface area contributed by atoms with Gasteiger partial charge >= 0.3 is 0 Å². The summed E-state index contributed by atoms with van der Waals surface area (Å²) in [5.41, 5.74) is 1.75. The van der Waals surface area contributed by atoms with E-state index in [4.69, 9.17) is 23.2 Å². The predicted molar refractivity (Wildman–Crippen MR) is 83.1 cm³/mol. The summed E-state index contributed by atoms with van der Waals surface area (Å²) in [5, 5.41) is 4.62. The highest BCUT2D eigenvalue weighted by atomic mass is 35.5. The molecule has 5 nitrogen and oxygen atoms in total. The summed E-state index contributed by atoms with van der Waals surface area (Å²) in [6, 6.07) is 4.33. The van der Waals surface area contributed by atoms with Gasteiger partial charge in [-0.2, -0.15) is 5.10 Å². The van der Waals surface area contributed by atoms with Crippen molar-refractivity contribution in [2.75, 3.05) is 0 Å². The Morgan fingerprint density at radius 1 is 1.33 bits per heavy atom. The van der Waals surface area contributed by atoms with E-state index in [0.29, 0.717) is 5.02 Å². The Morgan fingerprint density at radius 2 is 2.05 bits per heavy atom. The summed E-state index contributed by atoms with van der Waals surface area (Å²) in [6.45, 7) is 4.75. The zero-order valence-electron chi connectivity index (χ0n) is 11.6. The number of nitrogens with zero attached hydrogens (tertiary/aromatic N) is 2. The van der Waals surface area contributed by atoms with Crippen LogP contribution in [-0.2, 0) is 23.1 Å². The molecule has 0 unspecified atom stereocenters. The van der Waals surface area contributed by atoms with Crippen LogP contribution >= 0.6 is 23.2 Å². The number of aromatic nitrogens is 2. The lowest BCUT2D eigenvalue weighted by molar-refractivity contribution is 0.581. The van der Waals surface area contributed by atoms with Crippen molar-refractivity contribution in [1.29, 1.82) is 0 Å². The van der Waals surface area contributed by atoms with Gasteiger partial charge in [-0.25, -0.2) is 13.1 Å². The Bertz CT molecular complexity index is 757. The lowest BCUT2D eigenvalue weighted by Gasteiger charge is -2.09. The van der Waals surface area contributed by atoms with E-state index in [9.17, 15) is 8.42 Å². The highest BCUT2D eigenvalue weighted by molar-refractivity contribution is 7.89. The fourth-order valence-corrected chi connectivity index (χ4v) is 3.68. The molecule has 2 aromatic rings. The van der Waals surface area contributed by atoms with Crippen molar-refractivity contribution >= 4 is 33.2 Å². The normalized spacial score (nSPS) is 11.8. The second-order valence-corrected chi connectivity index (χ2v) is 7.05. The molecule has 1 aromatic carbocycles. The molecule has 0 fully saturated rings. The SMILES string of the molecule is CCn1ncc(CNS(=O)(=O)c2cc(Cl)ccc2Cl)c1C. The van der Waals surface area contributed by atoms with Gasteiger partial charge in [0.15, 0.2) is 0 Å².